The first kappa shape index (κ1) is 23.6. The topological polar surface area (TPSA) is 49.8 Å². The quantitative estimate of drug-likeness (QED) is 0.354. The highest BCUT2D eigenvalue weighted by Crippen LogP contribution is 2.35. The standard InChI is InChI=1S/C25H29F3N4/c1-4-6-7-18-8-12-21(13-9-18)31-24-29-16-22(25(26,27)28)23(32-24)30-20-14-10-19(11-15-20)17(3)5-2/h8-17H,4-7H2,1-3H3,(H2,29,30,31,32). The molecule has 0 fully saturated rings. The molecule has 3 aromatic rings. The second-order valence-corrected chi connectivity index (χ2v) is 7.94. The average molecular weight is 443 g/mol. The van der Waals surface area contributed by atoms with Gasteiger partial charge in [0.2, 0.25) is 5.95 Å². The third-order valence-electron chi connectivity index (χ3n) is 5.48. The Kier molecular flexibility index (Phi) is 7.72. The van der Waals surface area contributed by atoms with Gasteiger partial charge in [-0.15, -0.1) is 0 Å². The summed E-state index contributed by atoms with van der Waals surface area (Å²) in [6, 6.07) is 15.1. The number of aromatic nitrogens is 2. The molecule has 2 aromatic carbocycles. The molecule has 32 heavy (non-hydrogen) atoms. The Morgan fingerprint density at radius 2 is 1.53 bits per heavy atom. The zero-order chi connectivity index (χ0) is 23.1. The normalized spacial score (nSPS) is 12.4. The molecule has 2 N–H and O–H groups in total. The molecule has 7 heteroatoms. The number of halogens is 3. The van der Waals surface area contributed by atoms with Crippen LogP contribution in [0, 0.1) is 0 Å². The minimum absolute atomic E-state index is 0.0954. The van der Waals surface area contributed by atoms with E-state index in [-0.39, 0.29) is 11.8 Å². The van der Waals surface area contributed by atoms with Crippen molar-refractivity contribution in [2.24, 2.45) is 0 Å². The van der Waals surface area contributed by atoms with Crippen LogP contribution in [0.2, 0.25) is 0 Å². The Bertz CT molecular complexity index is 999. The number of rotatable bonds is 9. The lowest BCUT2D eigenvalue weighted by molar-refractivity contribution is -0.137. The molecule has 3 rings (SSSR count). The Morgan fingerprint density at radius 1 is 0.906 bits per heavy atom. The van der Waals surface area contributed by atoms with Crippen molar-refractivity contribution in [2.45, 2.75) is 58.5 Å². The maximum atomic E-state index is 13.5. The molecule has 0 saturated heterocycles. The molecule has 1 unspecified atom stereocenters. The summed E-state index contributed by atoms with van der Waals surface area (Å²) in [6.07, 6.45) is 0.458. The third kappa shape index (κ3) is 6.22. The maximum absolute atomic E-state index is 13.5. The number of aryl methyl sites for hydroxylation is 1. The van der Waals surface area contributed by atoms with E-state index in [1.165, 1.54) is 5.56 Å². The van der Waals surface area contributed by atoms with E-state index in [1.54, 1.807) is 12.1 Å². The van der Waals surface area contributed by atoms with Crippen LogP contribution >= 0.6 is 0 Å². The van der Waals surface area contributed by atoms with Gasteiger partial charge in [-0.05, 0) is 60.6 Å². The van der Waals surface area contributed by atoms with Crippen molar-refractivity contribution in [1.29, 1.82) is 0 Å². The van der Waals surface area contributed by atoms with E-state index in [0.717, 1.165) is 37.4 Å². The molecular formula is C25H29F3N4. The fourth-order valence-corrected chi connectivity index (χ4v) is 3.28. The molecule has 0 amide bonds. The summed E-state index contributed by atoms with van der Waals surface area (Å²) >= 11 is 0. The number of benzene rings is 2. The van der Waals surface area contributed by atoms with E-state index in [2.05, 4.69) is 41.4 Å². The summed E-state index contributed by atoms with van der Waals surface area (Å²) in [7, 11) is 0. The molecule has 0 bridgehead atoms. The molecule has 4 nitrogen and oxygen atoms in total. The van der Waals surface area contributed by atoms with Crippen LogP contribution in [0.25, 0.3) is 0 Å². The van der Waals surface area contributed by atoms with Gasteiger partial charge in [0.1, 0.15) is 11.4 Å². The highest BCUT2D eigenvalue weighted by atomic mass is 19.4. The third-order valence-corrected chi connectivity index (χ3v) is 5.48. The lowest BCUT2D eigenvalue weighted by Crippen LogP contribution is -2.12. The summed E-state index contributed by atoms with van der Waals surface area (Å²) in [5.74, 6) is 0.196. The number of hydrogen-bond acceptors (Lipinski definition) is 4. The van der Waals surface area contributed by atoms with Crippen LogP contribution in [0.15, 0.2) is 54.7 Å². The summed E-state index contributed by atoms with van der Waals surface area (Å²) in [5.41, 5.74) is 2.70. The number of unbranched alkanes of at least 4 members (excludes halogenated alkanes) is 1. The fourth-order valence-electron chi connectivity index (χ4n) is 3.28. The van der Waals surface area contributed by atoms with Gasteiger partial charge in [0.05, 0.1) is 0 Å². The van der Waals surface area contributed by atoms with Crippen molar-refractivity contribution in [3.63, 3.8) is 0 Å². The van der Waals surface area contributed by atoms with Gasteiger partial charge in [-0.3, -0.25) is 0 Å². The van der Waals surface area contributed by atoms with E-state index in [9.17, 15) is 13.2 Å². The van der Waals surface area contributed by atoms with Crippen LogP contribution in [0.1, 0.15) is 62.6 Å². The zero-order valence-electron chi connectivity index (χ0n) is 18.6. The van der Waals surface area contributed by atoms with Gasteiger partial charge in [0, 0.05) is 17.6 Å². The number of hydrogen-bond donors (Lipinski definition) is 2. The summed E-state index contributed by atoms with van der Waals surface area (Å²) in [5, 5.41) is 5.80. The van der Waals surface area contributed by atoms with Crippen molar-refractivity contribution in [3.05, 3.63) is 71.4 Å². The first-order valence-electron chi connectivity index (χ1n) is 11.0. The second-order valence-electron chi connectivity index (χ2n) is 7.94. The highest BCUT2D eigenvalue weighted by Gasteiger charge is 2.35. The van der Waals surface area contributed by atoms with E-state index >= 15 is 0 Å². The summed E-state index contributed by atoms with van der Waals surface area (Å²) < 4.78 is 40.6. The lowest BCUT2D eigenvalue weighted by atomic mass is 9.99. The minimum atomic E-state index is -4.57. The molecular weight excluding hydrogens is 413 g/mol. The van der Waals surface area contributed by atoms with Gasteiger partial charge < -0.3 is 10.6 Å². The van der Waals surface area contributed by atoms with Crippen molar-refractivity contribution >= 4 is 23.1 Å². The van der Waals surface area contributed by atoms with Crippen LogP contribution in [-0.2, 0) is 12.6 Å². The van der Waals surface area contributed by atoms with Gasteiger partial charge >= 0.3 is 6.18 Å². The van der Waals surface area contributed by atoms with Gasteiger partial charge in [-0.1, -0.05) is 51.5 Å². The smallest absolute Gasteiger partial charge is 0.340 e. The molecule has 170 valence electrons. The molecule has 0 radical (unpaired) electrons. The SMILES string of the molecule is CCCCc1ccc(Nc2ncc(C(F)(F)F)c(Nc3ccc(C(C)CC)cc3)n2)cc1. The summed E-state index contributed by atoms with van der Waals surface area (Å²) in [4.78, 5) is 8.00. The van der Waals surface area contributed by atoms with Crippen molar-refractivity contribution in [3.8, 4) is 0 Å². The zero-order valence-corrected chi connectivity index (χ0v) is 18.6. The van der Waals surface area contributed by atoms with Crippen LogP contribution in [-0.4, -0.2) is 9.97 Å². The molecule has 1 atom stereocenters. The largest absolute Gasteiger partial charge is 0.421 e. The molecule has 0 saturated carbocycles. The summed E-state index contributed by atoms with van der Waals surface area (Å²) in [6.45, 7) is 6.35. The number of nitrogens with one attached hydrogen (secondary N) is 2. The Hall–Kier alpha value is -3.09. The van der Waals surface area contributed by atoms with Crippen LogP contribution in [0.5, 0.6) is 0 Å². The van der Waals surface area contributed by atoms with Crippen LogP contribution in [0.3, 0.4) is 0 Å². The Balaban J connectivity index is 1.82. The van der Waals surface area contributed by atoms with Gasteiger partial charge in [0.25, 0.3) is 0 Å². The van der Waals surface area contributed by atoms with Crippen LogP contribution in [0.4, 0.5) is 36.3 Å². The van der Waals surface area contributed by atoms with Crippen molar-refractivity contribution < 1.29 is 13.2 Å². The molecule has 0 aliphatic rings. The predicted octanol–water partition coefficient (Wildman–Crippen LogP) is 7.84. The molecule has 1 heterocycles. The van der Waals surface area contributed by atoms with Gasteiger partial charge in [0.15, 0.2) is 0 Å². The van der Waals surface area contributed by atoms with Crippen molar-refractivity contribution in [2.75, 3.05) is 10.6 Å². The highest BCUT2D eigenvalue weighted by molar-refractivity contribution is 5.63. The predicted molar refractivity (Wildman–Crippen MR) is 124 cm³/mol. The molecule has 0 aliphatic carbocycles. The van der Waals surface area contributed by atoms with Gasteiger partial charge in [-0.25, -0.2) is 4.98 Å². The Morgan fingerprint density at radius 3 is 2.12 bits per heavy atom. The molecule has 0 aliphatic heterocycles. The minimum Gasteiger partial charge on any atom is -0.340 e. The number of anilines is 4. The van der Waals surface area contributed by atoms with E-state index in [0.29, 0.717) is 17.3 Å². The van der Waals surface area contributed by atoms with E-state index in [1.807, 2.05) is 36.4 Å². The fraction of sp³-hybridized carbons (Fsp3) is 0.360. The lowest BCUT2D eigenvalue weighted by Gasteiger charge is -2.16. The van der Waals surface area contributed by atoms with Gasteiger partial charge in [-0.2, -0.15) is 18.2 Å². The first-order valence-corrected chi connectivity index (χ1v) is 11.0. The maximum Gasteiger partial charge on any atom is 0.421 e. The average Bonchev–Trinajstić information content (AvgIpc) is 2.78. The monoisotopic (exact) mass is 442 g/mol. The second kappa shape index (κ2) is 10.5. The van der Waals surface area contributed by atoms with Crippen LogP contribution < -0.4 is 10.6 Å². The number of nitrogens with zero attached hydrogens (tertiary/aromatic N) is 2. The van der Waals surface area contributed by atoms with E-state index in [4.69, 9.17) is 0 Å². The van der Waals surface area contributed by atoms with Crippen molar-refractivity contribution in [1.82, 2.24) is 9.97 Å². The van der Waals surface area contributed by atoms with E-state index < -0.39 is 11.7 Å². The molecule has 1 aromatic heterocycles. The Labute approximate surface area is 187 Å². The first-order chi connectivity index (χ1) is 15.3. The number of alkyl halides is 3. The molecule has 0 spiro atoms.